The molecule has 8 rings (SSSR count). The van der Waals surface area contributed by atoms with Crippen molar-refractivity contribution in [2.45, 2.75) is 254 Å². The van der Waals surface area contributed by atoms with Gasteiger partial charge >= 0.3 is 17.9 Å². The van der Waals surface area contributed by atoms with Crippen molar-refractivity contribution < 1.29 is 283 Å². The van der Waals surface area contributed by atoms with Gasteiger partial charge in [0.05, 0.1) is 157 Å². The first-order chi connectivity index (χ1) is 55.0. The number of aliphatic hydroxyl groups is 9. The number of rotatable bonds is 29. The number of azide groups is 4. The molecule has 123 heavy (non-hydrogen) atoms. The van der Waals surface area contributed by atoms with E-state index in [9.17, 15) is 74.1 Å². The fourth-order valence-electron chi connectivity index (χ4n) is 12.2. The summed E-state index contributed by atoms with van der Waals surface area (Å²) < 4.78 is 74.4. The smallest absolute Gasteiger partial charge is 0.372 e. The van der Waals surface area contributed by atoms with Crippen molar-refractivity contribution in [3.63, 3.8) is 0 Å². The molecule has 49 nitrogen and oxygen atoms in total. The Balaban J connectivity index is -0.000000710. The summed E-state index contributed by atoms with van der Waals surface area (Å²) in [5.41, 5.74) is 40.8. The molecular weight excluding hydrogens is 2280 g/mol. The van der Waals surface area contributed by atoms with Crippen LogP contribution in [-0.2, 0) is 105 Å². The first kappa shape index (κ1) is 123. The number of carbonyl (C=O) groups excluding carboxylic acids is 8. The standard InChI is InChI=1S/C15H20N4O7.C14H20N4O5.C14H22N2O5.2C12H16N4O7.4CH4.3Ac/c1-15(2)24-7-10(26-15)12(21)13-11(17-4-5-20)8(18-19-16)6-9(25-13)14(22)23-3;1-8-6-9(17-18-15)11(16-4-5-19)13(22-8)12(20)10-7-21-14(2,3)23-10;1-8-6-9(15)11(16-4-5-17)13(20-8)12(18)10-7-19-14(2,3)21-10;2*1-22-12(21)8-4-6(15-16-13)9(14-2-3-17)11(23-8)10(20)7(19)5-18;;;;;;;/h4,6,8,10-13,17,21H,7H2,1-3H3;4,6,9-13,16,20H,7H2,1-3H3;4,6,9-13,16,18H,7,15H2,1-3H3;2*2,4,6-7,9-11,14,18-20H,5H2,1H3;4*1H4;;;/t8?,10?,11?,12?,13-;2*9?,10?,11?,12?,13-;2*6?,7?,9?,10?,11-;;;;;;;/m11111......./s1. The number of allylic oxidation sites excluding steroid dienone is 2. The number of methoxy groups -OCH3 is 3. The van der Waals surface area contributed by atoms with Crippen LogP contribution in [0.1, 0.15) is 85.1 Å². The minimum absolute atomic E-state index is 0. The second-order valence-corrected chi connectivity index (χ2v) is 26.7. The topological polar surface area (TPSA) is 729 Å². The van der Waals surface area contributed by atoms with Crippen LogP contribution in [0.2, 0.25) is 0 Å². The van der Waals surface area contributed by atoms with Crippen molar-refractivity contribution in [1.29, 1.82) is 0 Å². The molecule has 0 amide bonds. The van der Waals surface area contributed by atoms with E-state index in [1.54, 1.807) is 79.4 Å². The number of hydrogen-bond acceptors (Lipinski definition) is 41. The zero-order chi connectivity index (χ0) is 86.8. The number of nitrogens with two attached hydrogens (primary N) is 1. The third-order valence-electron chi connectivity index (χ3n) is 17.5. The van der Waals surface area contributed by atoms with Gasteiger partial charge in [-0.3, -0.25) is 0 Å². The molecule has 52 heteroatoms. The number of nitrogens with zero attached hydrogens (tertiary/aromatic N) is 12. The summed E-state index contributed by atoms with van der Waals surface area (Å²) in [5, 5.41) is 117. The zero-order valence-corrected chi connectivity index (χ0v) is 80.2. The summed E-state index contributed by atoms with van der Waals surface area (Å²) in [6.45, 7) is 12.9. The maximum atomic E-state index is 11.9. The molecule has 679 valence electrons. The maximum absolute atomic E-state index is 11.9. The molecule has 0 aromatic heterocycles. The van der Waals surface area contributed by atoms with Gasteiger partial charge < -0.3 is 145 Å². The number of aliphatic hydroxyl groups excluding tert-OH is 9. The second-order valence-electron chi connectivity index (χ2n) is 26.7. The molecule has 0 aliphatic carbocycles. The second kappa shape index (κ2) is 60.9. The molecule has 0 aromatic rings. The minimum atomic E-state index is -1.65. The first-order valence-electron chi connectivity index (χ1n) is 34.8. The Morgan fingerprint density at radius 3 is 0.927 bits per heavy atom. The number of carbonyl (C=O) groups is 3. The molecule has 8 aliphatic heterocycles. The molecule has 8 heterocycles. The van der Waals surface area contributed by atoms with E-state index in [0.717, 1.165) is 64.5 Å². The number of hydrogen-bond donors (Lipinski definition) is 15. The van der Waals surface area contributed by atoms with Gasteiger partial charge in [-0.25, -0.2) is 38.4 Å². The van der Waals surface area contributed by atoms with Crippen LogP contribution in [0.25, 0.3) is 41.8 Å². The Labute approximate surface area is 815 Å². The third-order valence-corrected chi connectivity index (χ3v) is 17.5. The maximum Gasteiger partial charge on any atom is 0.372 e. The quantitative estimate of drug-likeness (QED) is 0.0106. The average molecular weight is 2390 g/mol. The van der Waals surface area contributed by atoms with Gasteiger partial charge in [-0.05, 0) is 108 Å². The molecule has 0 bridgehead atoms. The monoisotopic (exact) mass is 2390 g/mol. The summed E-state index contributed by atoms with van der Waals surface area (Å²) in [7, 11) is 3.36. The summed E-state index contributed by atoms with van der Waals surface area (Å²) in [6.07, 6.45) is -5.06. The van der Waals surface area contributed by atoms with Crippen LogP contribution in [0, 0.1) is 132 Å². The van der Waals surface area contributed by atoms with E-state index in [0.29, 0.717) is 11.5 Å². The minimum Gasteiger partial charge on any atom is -0.490 e. The van der Waals surface area contributed by atoms with Crippen molar-refractivity contribution in [1.82, 2.24) is 26.6 Å². The Kier molecular flexibility index (Phi) is 60.7. The number of esters is 3. The van der Waals surface area contributed by atoms with E-state index in [4.69, 9.17) is 90.2 Å². The molecule has 0 aromatic carbocycles. The summed E-state index contributed by atoms with van der Waals surface area (Å²) in [4.78, 5) is 98.0. The van der Waals surface area contributed by atoms with E-state index in [1.807, 2.05) is 0 Å². The van der Waals surface area contributed by atoms with Crippen molar-refractivity contribution in [2.75, 3.05) is 54.4 Å². The first-order valence-corrected chi connectivity index (χ1v) is 34.8. The summed E-state index contributed by atoms with van der Waals surface area (Å²) >= 11 is 0. The molecule has 25 atom stereocenters. The van der Waals surface area contributed by atoms with Crippen LogP contribution in [-0.4, -0.2) is 317 Å². The van der Waals surface area contributed by atoms with Gasteiger partial charge in [0.1, 0.15) is 121 Å². The Morgan fingerprint density at radius 1 is 0.447 bits per heavy atom. The van der Waals surface area contributed by atoms with Crippen molar-refractivity contribution in [3.8, 4) is 0 Å². The van der Waals surface area contributed by atoms with Gasteiger partial charge in [0, 0.05) is 152 Å². The number of ether oxygens (including phenoxy) is 14. The van der Waals surface area contributed by atoms with Crippen LogP contribution in [0.3, 0.4) is 0 Å². The van der Waals surface area contributed by atoms with Gasteiger partial charge in [0.2, 0.25) is 17.3 Å². The Bertz CT molecular complexity index is 3870. The van der Waals surface area contributed by atoms with Gasteiger partial charge in [0.25, 0.3) is 0 Å². The molecule has 16 N–H and O–H groups in total. The van der Waals surface area contributed by atoms with E-state index in [-0.39, 0.29) is 199 Å². The van der Waals surface area contributed by atoms with Crippen molar-refractivity contribution in [2.24, 2.45) is 26.2 Å². The van der Waals surface area contributed by atoms with Crippen LogP contribution >= 0.6 is 0 Å². The van der Waals surface area contributed by atoms with E-state index in [2.05, 4.69) is 80.9 Å². The number of nitrogens with one attached hydrogen (secondary N) is 5. The average Bonchev–Trinajstić information content (AvgIpc) is 1.79. The predicted molar refractivity (Wildman–Crippen MR) is 416 cm³/mol. The van der Waals surface area contributed by atoms with Gasteiger partial charge in [-0.15, -0.1) is 0 Å². The fraction of sp³-hybridized carbons (Fsp3) is 0.676. The predicted octanol–water partition coefficient (Wildman–Crippen LogP) is -1.03. The van der Waals surface area contributed by atoms with Crippen LogP contribution in [0.4, 0.5) is 0 Å². The normalized spacial score (nSPS) is 28.5. The van der Waals surface area contributed by atoms with Crippen molar-refractivity contribution >= 4 is 47.6 Å². The van der Waals surface area contributed by atoms with Crippen LogP contribution < -0.4 is 32.3 Å². The van der Waals surface area contributed by atoms with Crippen LogP contribution in [0.15, 0.2) is 111 Å². The Morgan fingerprint density at radius 2 is 0.683 bits per heavy atom. The van der Waals surface area contributed by atoms with Crippen LogP contribution in [0.5, 0.6) is 0 Å². The molecule has 3 fully saturated rings. The molecule has 20 unspecified atom stereocenters. The summed E-state index contributed by atoms with van der Waals surface area (Å²) in [5.74, 6) is 2.90. The molecule has 0 spiro atoms. The molecule has 3 saturated heterocycles. The largest absolute Gasteiger partial charge is 0.490 e. The fourth-order valence-corrected chi connectivity index (χ4v) is 12.2. The molecular formula is C71H110Ac3N18O31. The van der Waals surface area contributed by atoms with E-state index >= 15 is 0 Å². The van der Waals surface area contributed by atoms with Gasteiger partial charge in [-0.2, -0.15) is 0 Å². The zero-order valence-electron chi connectivity index (χ0n) is 65.9. The summed E-state index contributed by atoms with van der Waals surface area (Å²) in [6, 6.07) is -8.03. The van der Waals surface area contributed by atoms with Crippen molar-refractivity contribution in [3.05, 3.63) is 132 Å². The molecule has 8 aliphatic rings. The van der Waals surface area contributed by atoms with E-state index < -0.39 is 200 Å². The SMILES string of the molecule is C.C.C.C.CC1=CC(N)C(NC=C=O)[C@H](C(O)C2COC(C)(C)O2)O1.CC1=CC(N=[N+]=[N-])C(NC=C=O)[C@H](C(O)C2COC(C)(C)O2)O1.COC(=O)C1=CC(N=[N+]=[N-])C(NC=C=O)[C@H](C(O)C(O)CO)O1.COC(=O)C1=CC(N=[N+]=[N-])C(NC=C=O)[C@H](C(O)C(O)CO)O1.COC(=O)C1=CC(N=[N+]=[N-])C(NC=C=O)[C@H](C(O)C2COC(C)(C)O2)O1.[Ac].[Ac].[Ac]. The van der Waals surface area contributed by atoms with Gasteiger partial charge in [-0.1, -0.05) is 50.2 Å². The Hall–Kier alpha value is -6.72. The molecule has 0 saturated carbocycles. The van der Waals surface area contributed by atoms with Gasteiger partial charge in [0.15, 0.2) is 17.4 Å². The molecule has 3 radical (unpaired) electrons. The third kappa shape index (κ3) is 36.9. The van der Waals surface area contributed by atoms with E-state index in [1.165, 1.54) is 23.9 Å².